The molecule has 0 aliphatic carbocycles. The summed E-state index contributed by atoms with van der Waals surface area (Å²) in [6.45, 7) is 1.88. The van der Waals surface area contributed by atoms with Gasteiger partial charge in [0, 0.05) is 11.5 Å². The first-order valence-electron chi connectivity index (χ1n) is 6.83. The molecule has 4 aliphatic heterocycles. The standard InChI is InChI=1S/C15H15NO3/c17-13-9-5-7-16(8-6-9)12(13)14-10-3-1-2-4-11(10)15(18)19-14/h1-4,9,12,14H,5-8H2/t12-,14-/m0/s1. The van der Waals surface area contributed by atoms with Crippen molar-refractivity contribution in [2.75, 3.05) is 13.1 Å². The van der Waals surface area contributed by atoms with E-state index in [0.717, 1.165) is 31.5 Å². The van der Waals surface area contributed by atoms with Crippen molar-refractivity contribution >= 4 is 11.8 Å². The van der Waals surface area contributed by atoms with Crippen molar-refractivity contribution in [3.63, 3.8) is 0 Å². The number of nitrogens with zero attached hydrogens (tertiary/aromatic N) is 1. The molecule has 0 radical (unpaired) electrons. The third-order valence-corrected chi connectivity index (χ3v) is 4.62. The van der Waals surface area contributed by atoms with Crippen molar-refractivity contribution in [2.45, 2.75) is 25.0 Å². The molecule has 5 rings (SSSR count). The topological polar surface area (TPSA) is 46.6 Å². The van der Waals surface area contributed by atoms with Crippen molar-refractivity contribution in [3.05, 3.63) is 35.4 Å². The zero-order chi connectivity index (χ0) is 13.0. The Kier molecular flexibility index (Phi) is 2.30. The molecule has 2 bridgehead atoms. The molecule has 1 aromatic carbocycles. The maximum Gasteiger partial charge on any atom is 0.339 e. The van der Waals surface area contributed by atoms with Gasteiger partial charge in [0.2, 0.25) is 0 Å². The molecular weight excluding hydrogens is 242 g/mol. The van der Waals surface area contributed by atoms with Gasteiger partial charge < -0.3 is 4.74 Å². The molecule has 4 heterocycles. The average molecular weight is 257 g/mol. The van der Waals surface area contributed by atoms with Gasteiger partial charge in [0.15, 0.2) is 11.9 Å². The van der Waals surface area contributed by atoms with Gasteiger partial charge in [0.25, 0.3) is 0 Å². The average Bonchev–Trinajstić information content (AvgIpc) is 2.78. The number of hydrogen-bond donors (Lipinski definition) is 0. The van der Waals surface area contributed by atoms with Crippen LogP contribution in [0.25, 0.3) is 0 Å². The molecule has 0 saturated carbocycles. The number of carbonyl (C=O) groups excluding carboxylic acids is 2. The highest BCUT2D eigenvalue weighted by Crippen LogP contribution is 2.41. The number of rotatable bonds is 1. The van der Waals surface area contributed by atoms with Crippen molar-refractivity contribution in [3.8, 4) is 0 Å². The van der Waals surface area contributed by atoms with Gasteiger partial charge in [-0.05, 0) is 32.0 Å². The molecule has 0 N–H and O–H groups in total. The first-order valence-corrected chi connectivity index (χ1v) is 6.83. The fourth-order valence-corrected chi connectivity index (χ4v) is 3.63. The third kappa shape index (κ3) is 1.49. The number of hydrogen-bond acceptors (Lipinski definition) is 4. The van der Waals surface area contributed by atoms with Crippen LogP contribution < -0.4 is 0 Å². The summed E-state index contributed by atoms with van der Waals surface area (Å²) in [6, 6.07) is 7.15. The first kappa shape index (κ1) is 11.2. The monoisotopic (exact) mass is 257 g/mol. The fourth-order valence-electron chi connectivity index (χ4n) is 3.63. The number of fused-ring (bicyclic) bond motifs is 4. The Bertz CT molecular complexity index is 560. The SMILES string of the molecule is O=C1O[C@H]([C@@H]2C(=O)C3CCN2CC3)c2ccccc21. The third-order valence-electron chi connectivity index (χ3n) is 4.62. The Morgan fingerprint density at radius 1 is 1.11 bits per heavy atom. The zero-order valence-electron chi connectivity index (χ0n) is 10.5. The molecule has 98 valence electrons. The van der Waals surface area contributed by atoms with Gasteiger partial charge in [0.05, 0.1) is 5.56 Å². The smallest absolute Gasteiger partial charge is 0.339 e. The number of carbonyl (C=O) groups is 2. The summed E-state index contributed by atoms with van der Waals surface area (Å²) in [5, 5.41) is 0. The van der Waals surface area contributed by atoms with E-state index >= 15 is 0 Å². The van der Waals surface area contributed by atoms with E-state index < -0.39 is 6.10 Å². The van der Waals surface area contributed by atoms with Crippen LogP contribution in [0.4, 0.5) is 0 Å². The van der Waals surface area contributed by atoms with E-state index in [0.29, 0.717) is 5.56 Å². The van der Waals surface area contributed by atoms with Crippen LogP contribution in [0.5, 0.6) is 0 Å². The summed E-state index contributed by atoms with van der Waals surface area (Å²) >= 11 is 0. The van der Waals surface area contributed by atoms with Crippen LogP contribution >= 0.6 is 0 Å². The second-order valence-electron chi connectivity index (χ2n) is 5.57. The van der Waals surface area contributed by atoms with Gasteiger partial charge in [-0.25, -0.2) is 4.79 Å². The van der Waals surface area contributed by atoms with Crippen LogP contribution in [0.1, 0.15) is 34.9 Å². The molecule has 2 atom stereocenters. The lowest BCUT2D eigenvalue weighted by molar-refractivity contribution is -0.143. The van der Waals surface area contributed by atoms with E-state index in [9.17, 15) is 9.59 Å². The number of benzene rings is 1. The molecular formula is C15H15NO3. The van der Waals surface area contributed by atoms with Crippen LogP contribution in [0.15, 0.2) is 24.3 Å². The van der Waals surface area contributed by atoms with E-state index in [-0.39, 0.29) is 23.7 Å². The molecule has 19 heavy (non-hydrogen) atoms. The molecule has 4 aliphatic rings. The number of cyclic esters (lactones) is 1. The van der Waals surface area contributed by atoms with Gasteiger partial charge >= 0.3 is 5.97 Å². The largest absolute Gasteiger partial charge is 0.452 e. The number of ether oxygens (including phenoxy) is 1. The van der Waals surface area contributed by atoms with Crippen molar-refractivity contribution in [1.82, 2.24) is 4.90 Å². The van der Waals surface area contributed by atoms with Gasteiger partial charge in [-0.1, -0.05) is 18.2 Å². The maximum absolute atomic E-state index is 12.5. The van der Waals surface area contributed by atoms with Crippen LogP contribution in [0.3, 0.4) is 0 Å². The Hall–Kier alpha value is -1.68. The van der Waals surface area contributed by atoms with Gasteiger partial charge in [-0.2, -0.15) is 0 Å². The van der Waals surface area contributed by atoms with Gasteiger partial charge in [-0.3, -0.25) is 9.69 Å². The van der Waals surface area contributed by atoms with Gasteiger partial charge in [0.1, 0.15) is 6.04 Å². The number of piperidine rings is 3. The lowest BCUT2D eigenvalue weighted by Crippen LogP contribution is -2.57. The Morgan fingerprint density at radius 2 is 1.84 bits per heavy atom. The molecule has 4 nitrogen and oxygen atoms in total. The molecule has 0 aromatic heterocycles. The minimum Gasteiger partial charge on any atom is -0.452 e. The highest BCUT2D eigenvalue weighted by molar-refractivity contribution is 5.96. The molecule has 4 heteroatoms. The minimum absolute atomic E-state index is 0.168. The molecule has 1 aromatic rings. The van der Waals surface area contributed by atoms with Gasteiger partial charge in [-0.15, -0.1) is 0 Å². The van der Waals surface area contributed by atoms with Crippen LogP contribution in [0.2, 0.25) is 0 Å². The second kappa shape index (κ2) is 3.90. The molecule has 0 spiro atoms. The zero-order valence-corrected chi connectivity index (χ0v) is 10.5. The van der Waals surface area contributed by atoms with E-state index in [4.69, 9.17) is 4.74 Å². The summed E-state index contributed by atoms with van der Waals surface area (Å²) < 4.78 is 5.49. The number of esters is 1. The summed E-state index contributed by atoms with van der Waals surface area (Å²) in [4.78, 5) is 26.5. The predicted molar refractivity (Wildman–Crippen MR) is 67.7 cm³/mol. The Morgan fingerprint density at radius 3 is 2.58 bits per heavy atom. The van der Waals surface area contributed by atoms with Crippen LogP contribution in [0, 0.1) is 5.92 Å². The van der Waals surface area contributed by atoms with E-state index in [1.54, 1.807) is 6.07 Å². The lowest BCUT2D eigenvalue weighted by atomic mass is 9.79. The first-order chi connectivity index (χ1) is 9.25. The quantitative estimate of drug-likeness (QED) is 0.716. The molecule has 3 saturated heterocycles. The second-order valence-corrected chi connectivity index (χ2v) is 5.57. The van der Waals surface area contributed by atoms with Crippen molar-refractivity contribution < 1.29 is 14.3 Å². The number of Topliss-reactive ketones (excluding diaryl/α,β-unsaturated/α-hetero) is 1. The maximum atomic E-state index is 12.5. The fraction of sp³-hybridized carbons (Fsp3) is 0.467. The summed E-state index contributed by atoms with van der Waals surface area (Å²) in [7, 11) is 0. The van der Waals surface area contributed by atoms with Crippen molar-refractivity contribution in [1.29, 1.82) is 0 Å². The predicted octanol–water partition coefficient (Wildman–Crippen LogP) is 1.56. The van der Waals surface area contributed by atoms with E-state index in [1.165, 1.54) is 0 Å². The van der Waals surface area contributed by atoms with E-state index in [1.807, 2.05) is 18.2 Å². The number of ketones is 1. The summed E-state index contributed by atoms with van der Waals surface area (Å²) in [6.07, 6.45) is 1.51. The van der Waals surface area contributed by atoms with E-state index in [2.05, 4.69) is 4.90 Å². The lowest BCUT2D eigenvalue weighted by Gasteiger charge is -2.45. The molecule has 0 amide bonds. The Labute approximate surface area is 111 Å². The summed E-state index contributed by atoms with van der Waals surface area (Å²) in [5.74, 6) is 0.129. The highest BCUT2D eigenvalue weighted by atomic mass is 16.6. The van der Waals surface area contributed by atoms with Crippen LogP contribution in [-0.2, 0) is 9.53 Å². The normalized spacial score (nSPS) is 36.2. The Balaban J connectivity index is 1.74. The van der Waals surface area contributed by atoms with Crippen LogP contribution in [-0.4, -0.2) is 35.8 Å². The van der Waals surface area contributed by atoms with Crippen molar-refractivity contribution in [2.24, 2.45) is 5.92 Å². The minimum atomic E-state index is -0.403. The molecule has 0 unspecified atom stereocenters. The summed E-state index contributed by atoms with van der Waals surface area (Å²) in [5.41, 5.74) is 1.49. The highest BCUT2D eigenvalue weighted by Gasteiger charge is 2.49. The molecule has 3 fully saturated rings.